The molecule has 10 heterocycles. The first-order valence-electron chi connectivity index (χ1n) is 46.9. The number of aliphatic imine (C=N–C) groups is 3. The van der Waals surface area contributed by atoms with Crippen molar-refractivity contribution in [1.82, 2.24) is 35.2 Å². The summed E-state index contributed by atoms with van der Waals surface area (Å²) in [6, 6.07) is 11.2. The molecule has 0 spiro atoms. The zero-order valence-corrected chi connectivity index (χ0v) is 89.1. The number of phosphoric ester groups is 1. The summed E-state index contributed by atoms with van der Waals surface area (Å²) in [6.45, 7) is 32.1. The van der Waals surface area contributed by atoms with Crippen LogP contribution in [0.25, 0.3) is 16.4 Å². The van der Waals surface area contributed by atoms with Crippen molar-refractivity contribution in [3.8, 4) is 0 Å². The summed E-state index contributed by atoms with van der Waals surface area (Å²) < 4.78 is 110. The predicted molar refractivity (Wildman–Crippen MR) is 519 cm³/mol. The Morgan fingerprint density at radius 2 is 1.33 bits per heavy atom. The third-order valence-electron chi connectivity index (χ3n) is 30.2. The molecule has 15 N–H and O–H groups in total. The van der Waals surface area contributed by atoms with E-state index in [1.54, 1.807) is 37.5 Å². The van der Waals surface area contributed by atoms with Gasteiger partial charge in [-0.1, -0.05) is 84.4 Å². The summed E-state index contributed by atoms with van der Waals surface area (Å²) in [5.41, 5.74) is 39.7. The normalized spacial score (nSPS) is 27.8. The van der Waals surface area contributed by atoms with E-state index in [1.807, 2.05) is 136 Å². The van der Waals surface area contributed by atoms with Gasteiger partial charge in [0.1, 0.15) is 51.3 Å². The summed E-state index contributed by atoms with van der Waals surface area (Å²) in [7, 11) is -13.2. The molecule has 13 rings (SSSR count). The van der Waals surface area contributed by atoms with E-state index in [4.69, 9.17) is 80.3 Å². The van der Waals surface area contributed by atoms with Gasteiger partial charge in [-0.05, 0) is 188 Å². The van der Waals surface area contributed by atoms with Gasteiger partial charge in [0, 0.05) is 156 Å². The second-order valence-corrected chi connectivity index (χ2v) is 44.8. The van der Waals surface area contributed by atoms with Crippen LogP contribution in [-0.4, -0.2) is 186 Å². The van der Waals surface area contributed by atoms with Crippen LogP contribution in [0.1, 0.15) is 220 Å². The SMILES string of the molecule is C/C1=C2/[N-][C@H]([C@H](CC(N)=O)[C@@]2(C)CCC(=O)NC[C@@H](C)OP(=O)([O-])O[C@H]2[C@@H](O)[C@@H](n3cnc4cc(C)c(C)cc43)O[C@@H]2Cn2cc(CNC(=O)CCCCCN3/C(=C/C=C/C=C/C4=[N+](C)c5ccc(S(=O)(=O)[O-])cc5C4(C)C)C(C)(C)c4cc(S(=O)(=O)[O-])ccc43)nn2)[C@]2(C)N=C(/C(C)=C3N=C(/C=C4N=C1[C@@H](CCC(N)=O)C\4(C)C)[C@@H](CCC(N)=O)[C@]\3(C)CC(N)=O)[C@@H](CCC(N)=O)[C@]2(C)CC(N)=O.[C-]#N.[Co+3].[Na+]. The minimum atomic E-state index is -5.54. The van der Waals surface area contributed by atoms with Crippen molar-refractivity contribution in [2.24, 2.45) is 94.7 Å². The van der Waals surface area contributed by atoms with Crippen LogP contribution in [0.4, 0.5) is 11.4 Å². The minimum Gasteiger partial charge on any atom is -0.756 e. The Balaban J connectivity index is 0.00000522. The van der Waals surface area contributed by atoms with Crippen molar-refractivity contribution < 1.29 is 144 Å². The largest absolute Gasteiger partial charge is 3.00 e. The molecule has 1 unspecified atom stereocenters. The molecule has 0 saturated carbocycles. The number of aryl methyl sites for hydroxylation is 2. The van der Waals surface area contributed by atoms with Crippen molar-refractivity contribution in [2.45, 2.75) is 276 Å². The van der Waals surface area contributed by atoms with Gasteiger partial charge in [-0.15, -0.1) is 5.10 Å². The number of amides is 8. The topological polar surface area (TPSA) is 649 Å². The number of allylic oxidation sites excluding steroid dienone is 12. The van der Waals surface area contributed by atoms with Crippen molar-refractivity contribution in [3.63, 3.8) is 0 Å². The molecule has 143 heavy (non-hydrogen) atoms. The number of carbonyl (C=O) groups excluding carboxylic acids is 8. The average molecular weight is 2080 g/mol. The Morgan fingerprint density at radius 1 is 0.720 bits per heavy atom. The first-order chi connectivity index (χ1) is 65.8. The number of aliphatic hydroxyl groups is 1. The molecule has 8 aliphatic heterocycles. The number of fused-ring (bicyclic) bond motifs is 9. The maximum Gasteiger partial charge on any atom is 3.00 e. The van der Waals surface area contributed by atoms with E-state index < -0.39 is 174 Å². The van der Waals surface area contributed by atoms with Gasteiger partial charge in [0.15, 0.2) is 11.9 Å². The van der Waals surface area contributed by atoms with Crippen LogP contribution in [0.3, 0.4) is 0 Å². The van der Waals surface area contributed by atoms with Crippen molar-refractivity contribution in [1.29, 1.82) is 5.26 Å². The Labute approximate surface area is 865 Å². The fourth-order valence-electron chi connectivity index (χ4n) is 22.4. The van der Waals surface area contributed by atoms with E-state index in [-0.39, 0.29) is 152 Å². The quantitative estimate of drug-likeness (QED) is 0.00463. The summed E-state index contributed by atoms with van der Waals surface area (Å²) in [5.74, 6) is -8.10. The standard InChI is InChI=1S/C97H130N19O20PS2.CN.Co.Na/c1-52-39-67-70(40-53(52)2)116(51-106-67)90-85(125)86(71(134-90)50-114-49-57(111-112-114)48-105-81(123)25-21-18-22-38-115-69-32-27-59(139(131,132)133)42-64(69)93(10,11)74(115)24-20-17-19-23-73-92(8,9)63-41-58(138(128,129)130)26-31-68(63)113(73)16)136-137(126,127)135-54(3)47-104-82(124)36-37-94(12)65(43-78(101)120)89-97(15)96(14,46-80(103)122)62(30-35-77(100)119)84(110-97)56(5)88-95(13,45-79(102)121)60(28-33-75(98)117)66(107-88)44-72-91(6,7)61(29-34-76(99)118)83(108-72)55(4)87(94)109-89;1-2;;/h17,19-20,23-24,26-27,31-32,39-42,44,49,51,54,60-62,65,71,85-86,89-90,125H,18,21-22,25,28-30,33-38,43,45-48,50H2,1-16H3,(H17-,98,99,100,101,102,103,104,105,107,108,109,110,117,118,119,120,121,122,123,124,126,127,128,129,130,131,132,133);;;/q;-1;+3;+1/p-3/t54-,60-,61-,62-,65+,71-,85-,86-,89-,90+,94-,95+,96+,97+;;;/m1.../s1. The molecule has 0 radical (unpaired) electrons. The van der Waals surface area contributed by atoms with Gasteiger partial charge in [-0.3, -0.25) is 57.9 Å². The van der Waals surface area contributed by atoms with Gasteiger partial charge in [0.2, 0.25) is 52.9 Å². The number of carbonyl (C=O) groups is 8. The van der Waals surface area contributed by atoms with Crippen LogP contribution in [0.15, 0.2) is 156 Å². The molecule has 15 atom stereocenters. The van der Waals surface area contributed by atoms with E-state index >= 15 is 0 Å². The molecule has 2 aromatic heterocycles. The molecule has 5 aromatic rings. The van der Waals surface area contributed by atoms with E-state index in [0.717, 1.165) is 28.2 Å². The zero-order valence-electron chi connectivity index (χ0n) is 83.6. The van der Waals surface area contributed by atoms with Gasteiger partial charge in [-0.2, -0.15) is 10.3 Å². The van der Waals surface area contributed by atoms with E-state index in [0.29, 0.717) is 105 Å². The summed E-state index contributed by atoms with van der Waals surface area (Å²) in [4.78, 5) is 146. The van der Waals surface area contributed by atoms with Crippen LogP contribution >= 0.6 is 7.82 Å². The number of nitrogens with zero attached hydrogens (tertiary/aromatic N) is 12. The fourth-order valence-corrected chi connectivity index (χ4v) is 24.5. The van der Waals surface area contributed by atoms with Crippen LogP contribution in [-0.2, 0) is 118 Å². The predicted octanol–water partition coefficient (Wildman–Crippen LogP) is 5.20. The summed E-state index contributed by atoms with van der Waals surface area (Å²) >= 11 is 0. The molecule has 0 aliphatic carbocycles. The van der Waals surface area contributed by atoms with Crippen molar-refractivity contribution >= 4 is 121 Å². The molecular formula is C98H127CoN20NaO20PS2. The molecular weight excluding hydrogens is 1950 g/mol. The molecule has 40 nitrogen and oxygen atoms in total. The second kappa shape index (κ2) is 44.1. The fraction of sp³-hybridized carbons (Fsp3) is 0.531. The van der Waals surface area contributed by atoms with Crippen molar-refractivity contribution in [2.75, 3.05) is 25.0 Å². The molecule has 2 fully saturated rings. The van der Waals surface area contributed by atoms with E-state index in [2.05, 4.69) is 30.8 Å². The second-order valence-electron chi connectivity index (χ2n) is 40.7. The first kappa shape index (κ1) is 115. The number of benzene rings is 3. The van der Waals surface area contributed by atoms with Gasteiger partial charge in [-0.25, -0.2) is 26.5 Å². The van der Waals surface area contributed by atoms with Crippen LogP contribution in [0.2, 0.25) is 0 Å². The third kappa shape index (κ3) is 23.5. The third-order valence-corrected chi connectivity index (χ3v) is 33.0. The number of hydrogen-bond acceptors (Lipinski definition) is 28. The number of phosphoric acid groups is 1. The Bertz CT molecular complexity index is 6550. The van der Waals surface area contributed by atoms with Crippen LogP contribution in [0.5, 0.6) is 0 Å². The number of primary amides is 6. The Kier molecular flexibility index (Phi) is 35.3. The van der Waals surface area contributed by atoms with Crippen LogP contribution in [0, 0.1) is 71.0 Å². The molecule has 8 bridgehead atoms. The number of nitrogens with two attached hydrogens (primary N) is 6. The number of aliphatic hydroxyl groups excluding tert-OH is 1. The Morgan fingerprint density at radius 3 is 1.95 bits per heavy atom. The first-order valence-corrected chi connectivity index (χ1v) is 51.1. The molecule has 2 saturated heterocycles. The number of unbranched alkanes of at least 4 members (excludes halogenated alkanes) is 2. The molecule has 3 aromatic carbocycles. The van der Waals surface area contributed by atoms with Crippen molar-refractivity contribution in [3.05, 3.63) is 171 Å². The van der Waals surface area contributed by atoms with E-state index in [9.17, 15) is 78.9 Å². The average Bonchev–Trinajstić information content (AvgIpc) is 1.52. The number of nitrogens with one attached hydrogen (secondary N) is 2. The van der Waals surface area contributed by atoms with E-state index in [1.165, 1.54) is 48.4 Å². The van der Waals surface area contributed by atoms with Gasteiger partial charge in [0.05, 0.1) is 69.2 Å². The van der Waals surface area contributed by atoms with Gasteiger partial charge in [0.25, 0.3) is 7.82 Å². The maximum absolute atomic E-state index is 14.8. The number of aromatic nitrogens is 5. The smallest absolute Gasteiger partial charge is 0.756 e. The zero-order chi connectivity index (χ0) is 104. The maximum atomic E-state index is 14.8. The number of anilines is 1. The number of ether oxygens (including phenoxy) is 1. The minimum absolute atomic E-state index is 0. The number of imidazole rings is 1. The summed E-state index contributed by atoms with van der Waals surface area (Å²) in [6.07, 6.45) is 7.01. The monoisotopic (exact) mass is 2080 g/mol. The Hall–Kier alpha value is -10.4. The van der Waals surface area contributed by atoms with Gasteiger partial charge >= 0.3 is 46.3 Å². The molecule has 45 heteroatoms. The van der Waals surface area contributed by atoms with Gasteiger partial charge < -0.3 is 105 Å². The molecule has 8 amide bonds. The number of rotatable bonds is 40. The summed E-state index contributed by atoms with van der Waals surface area (Å²) in [5, 5.41) is 38.5. The molecule has 766 valence electrons. The number of hydrogen-bond donors (Lipinski definition) is 9. The molecule has 8 aliphatic rings. The van der Waals surface area contributed by atoms with Crippen LogP contribution < -0.4 is 84.4 Å².